The number of thiol groups is 1. The summed E-state index contributed by atoms with van der Waals surface area (Å²) in [4.78, 5) is 4.03. The maximum absolute atomic E-state index is 10.3. The third kappa shape index (κ3) is 1.58. The second kappa shape index (κ2) is 2.70. The quantitative estimate of drug-likeness (QED) is 0.464. The first-order valence-electron chi connectivity index (χ1n) is 2.37. The zero-order chi connectivity index (χ0) is 6.69. The van der Waals surface area contributed by atoms with Gasteiger partial charge >= 0.3 is 0 Å². The van der Waals surface area contributed by atoms with Gasteiger partial charge in [0, 0.05) is 6.20 Å². The Morgan fingerprint density at radius 2 is 2.44 bits per heavy atom. The lowest BCUT2D eigenvalue weighted by atomic mass is 10.5. The highest BCUT2D eigenvalue weighted by Crippen LogP contribution is 1.98. The molecule has 1 aromatic heterocycles. The van der Waals surface area contributed by atoms with E-state index in [2.05, 4.69) is 4.98 Å². The summed E-state index contributed by atoms with van der Waals surface area (Å²) in [6.07, 6.45) is 2.93. The summed E-state index contributed by atoms with van der Waals surface area (Å²) in [6.45, 7) is 0. The third-order valence-corrected chi connectivity index (χ3v) is 1.57. The Kier molecular flexibility index (Phi) is 1.92. The van der Waals surface area contributed by atoms with Crippen LogP contribution < -0.4 is 0 Å². The lowest BCUT2D eigenvalue weighted by molar-refractivity contribution is 0.519. The SMILES string of the molecule is O=[SH+](O)c1cccnc1. The van der Waals surface area contributed by atoms with E-state index < -0.39 is 11.1 Å². The van der Waals surface area contributed by atoms with Crippen molar-refractivity contribution < 1.29 is 8.76 Å². The van der Waals surface area contributed by atoms with Crippen molar-refractivity contribution in [2.75, 3.05) is 0 Å². The summed E-state index contributed by atoms with van der Waals surface area (Å²) in [5.74, 6) is 0. The third-order valence-electron chi connectivity index (χ3n) is 0.867. The van der Waals surface area contributed by atoms with Gasteiger partial charge in [-0.2, -0.15) is 4.55 Å². The van der Waals surface area contributed by atoms with Crippen molar-refractivity contribution in [2.45, 2.75) is 4.90 Å². The molecule has 0 fully saturated rings. The molecule has 1 N–H and O–H groups in total. The van der Waals surface area contributed by atoms with Crippen molar-refractivity contribution in [1.82, 2.24) is 4.98 Å². The number of pyridine rings is 1. The van der Waals surface area contributed by atoms with Gasteiger partial charge in [-0.3, -0.25) is 4.98 Å². The van der Waals surface area contributed by atoms with Gasteiger partial charge in [-0.25, -0.2) is 0 Å². The topological polar surface area (TPSA) is 50.2 Å². The molecule has 0 saturated heterocycles. The summed E-state index contributed by atoms with van der Waals surface area (Å²) < 4.78 is 18.8. The van der Waals surface area contributed by atoms with Gasteiger partial charge in [0.15, 0.2) is 0 Å². The maximum atomic E-state index is 10.3. The molecule has 0 amide bonds. The maximum Gasteiger partial charge on any atom is 0.236 e. The van der Waals surface area contributed by atoms with Crippen LogP contribution in [0.4, 0.5) is 0 Å². The van der Waals surface area contributed by atoms with E-state index in [1.54, 1.807) is 18.3 Å². The zero-order valence-corrected chi connectivity index (χ0v) is 5.45. The van der Waals surface area contributed by atoms with Crippen LogP contribution in [0.25, 0.3) is 0 Å². The predicted molar refractivity (Wildman–Crippen MR) is 34.6 cm³/mol. The zero-order valence-electron chi connectivity index (χ0n) is 4.56. The lowest BCUT2D eigenvalue weighted by Crippen LogP contribution is -1.85. The molecule has 1 heterocycles. The molecule has 0 aliphatic rings. The van der Waals surface area contributed by atoms with Crippen LogP contribution in [0.3, 0.4) is 0 Å². The Bertz CT molecular complexity index is 211. The monoisotopic (exact) mass is 144 g/mol. The minimum absolute atomic E-state index is 0.368. The summed E-state index contributed by atoms with van der Waals surface area (Å²) in [6, 6.07) is 3.19. The smallest absolute Gasteiger partial charge is 0.236 e. The number of hydrogen-bond donors (Lipinski definition) is 1. The molecule has 1 aromatic rings. The van der Waals surface area contributed by atoms with Gasteiger partial charge in [0.05, 0.1) is 6.20 Å². The van der Waals surface area contributed by atoms with E-state index in [0.29, 0.717) is 4.90 Å². The van der Waals surface area contributed by atoms with Crippen molar-refractivity contribution in [1.29, 1.82) is 0 Å². The molecular formula is C5H6NO2S+. The van der Waals surface area contributed by atoms with Crippen molar-refractivity contribution in [3.63, 3.8) is 0 Å². The van der Waals surface area contributed by atoms with Crippen molar-refractivity contribution >= 4 is 11.1 Å². The normalized spacial score (nSPS) is 13.0. The van der Waals surface area contributed by atoms with E-state index >= 15 is 0 Å². The molecule has 3 nitrogen and oxygen atoms in total. The molecule has 9 heavy (non-hydrogen) atoms. The van der Waals surface area contributed by atoms with E-state index in [1.165, 1.54) is 6.20 Å². The van der Waals surface area contributed by atoms with Gasteiger partial charge in [0.25, 0.3) is 0 Å². The van der Waals surface area contributed by atoms with E-state index in [9.17, 15) is 4.21 Å². The molecule has 0 aromatic carbocycles. The summed E-state index contributed by atoms with van der Waals surface area (Å²) >= 11 is -2.21. The highest BCUT2D eigenvalue weighted by atomic mass is 32.2. The molecular weight excluding hydrogens is 138 g/mol. The predicted octanol–water partition coefficient (Wildman–Crippen LogP) is 0.610. The molecule has 1 rings (SSSR count). The van der Waals surface area contributed by atoms with Gasteiger partial charge in [-0.15, -0.1) is 0 Å². The first-order chi connectivity index (χ1) is 4.30. The standard InChI is InChI=1S/C5H5NO2S/c7-9(8)5-2-1-3-6-4-5/h1-4H,(H,7,8)/p+1. The van der Waals surface area contributed by atoms with Gasteiger partial charge in [-0.05, 0) is 12.1 Å². The molecule has 0 aliphatic heterocycles. The number of hydrogen-bond acceptors (Lipinski definition) is 2. The largest absolute Gasteiger partial charge is 0.259 e. The number of rotatable bonds is 1. The van der Waals surface area contributed by atoms with E-state index in [-0.39, 0.29) is 0 Å². The van der Waals surface area contributed by atoms with Crippen LogP contribution in [0, 0.1) is 0 Å². The van der Waals surface area contributed by atoms with Gasteiger partial charge in [0.1, 0.15) is 0 Å². The van der Waals surface area contributed by atoms with E-state index in [1.807, 2.05) is 0 Å². The summed E-state index contributed by atoms with van der Waals surface area (Å²) in [5, 5.41) is 0. The Morgan fingerprint density at radius 1 is 1.67 bits per heavy atom. The van der Waals surface area contributed by atoms with Crippen LogP contribution in [0.5, 0.6) is 0 Å². The average Bonchev–Trinajstić information content (AvgIpc) is 1.90. The van der Waals surface area contributed by atoms with Crippen LogP contribution in [0.1, 0.15) is 0 Å². The van der Waals surface area contributed by atoms with Crippen LogP contribution >= 0.6 is 0 Å². The number of nitrogens with zero attached hydrogens (tertiary/aromatic N) is 1. The van der Waals surface area contributed by atoms with Crippen LogP contribution in [-0.2, 0) is 15.3 Å². The van der Waals surface area contributed by atoms with Crippen LogP contribution in [0.15, 0.2) is 29.4 Å². The van der Waals surface area contributed by atoms with E-state index in [4.69, 9.17) is 4.55 Å². The van der Waals surface area contributed by atoms with Crippen LogP contribution in [-0.4, -0.2) is 9.54 Å². The first-order valence-corrected chi connectivity index (χ1v) is 3.58. The Balaban J connectivity index is 2.98. The van der Waals surface area contributed by atoms with Gasteiger partial charge in [-0.1, -0.05) is 4.21 Å². The first kappa shape index (κ1) is 6.38. The summed E-state index contributed by atoms with van der Waals surface area (Å²) in [7, 11) is 0. The second-order valence-corrected chi connectivity index (χ2v) is 2.55. The molecule has 0 bridgehead atoms. The average molecular weight is 144 g/mol. The molecule has 48 valence electrons. The lowest BCUT2D eigenvalue weighted by Gasteiger charge is -1.82. The molecule has 0 aliphatic carbocycles. The fourth-order valence-electron chi connectivity index (χ4n) is 0.467. The summed E-state index contributed by atoms with van der Waals surface area (Å²) in [5.41, 5.74) is 0. The Hall–Kier alpha value is -0.740. The highest BCUT2D eigenvalue weighted by Gasteiger charge is 2.01. The molecule has 0 radical (unpaired) electrons. The van der Waals surface area contributed by atoms with Crippen molar-refractivity contribution in [3.8, 4) is 0 Å². The highest BCUT2D eigenvalue weighted by molar-refractivity contribution is 7.79. The Labute approximate surface area is 55.0 Å². The Morgan fingerprint density at radius 3 is 2.78 bits per heavy atom. The number of aromatic nitrogens is 1. The van der Waals surface area contributed by atoms with E-state index in [0.717, 1.165) is 0 Å². The molecule has 1 atom stereocenters. The molecule has 0 saturated carbocycles. The molecule has 4 heteroatoms. The van der Waals surface area contributed by atoms with Crippen molar-refractivity contribution in [3.05, 3.63) is 24.5 Å². The van der Waals surface area contributed by atoms with Crippen molar-refractivity contribution in [2.24, 2.45) is 0 Å². The fraction of sp³-hybridized carbons (Fsp3) is 0. The van der Waals surface area contributed by atoms with Gasteiger partial charge < -0.3 is 0 Å². The van der Waals surface area contributed by atoms with Gasteiger partial charge in [0.2, 0.25) is 16.0 Å². The minimum atomic E-state index is -2.21. The molecule has 1 unspecified atom stereocenters. The second-order valence-electron chi connectivity index (χ2n) is 1.48. The van der Waals surface area contributed by atoms with Crippen LogP contribution in [0.2, 0.25) is 0 Å². The fourth-order valence-corrected chi connectivity index (χ4v) is 0.846. The minimum Gasteiger partial charge on any atom is -0.259 e. The molecule has 0 spiro atoms.